The summed E-state index contributed by atoms with van der Waals surface area (Å²) in [5.74, 6) is 1.14. The number of hydrogen-bond donors (Lipinski definition) is 2. The summed E-state index contributed by atoms with van der Waals surface area (Å²) in [7, 11) is 0. The van der Waals surface area contributed by atoms with Crippen LogP contribution in [-0.4, -0.2) is 18.1 Å². The first-order valence-corrected chi connectivity index (χ1v) is 8.42. The van der Waals surface area contributed by atoms with E-state index in [0.717, 1.165) is 35.6 Å². The molecule has 2 aromatic rings. The van der Waals surface area contributed by atoms with Crippen LogP contribution >= 0.6 is 15.9 Å². The number of benzene rings is 1. The van der Waals surface area contributed by atoms with Crippen molar-refractivity contribution in [1.29, 1.82) is 0 Å². The van der Waals surface area contributed by atoms with Crippen molar-refractivity contribution in [1.82, 2.24) is 4.98 Å². The second-order valence-corrected chi connectivity index (χ2v) is 6.73. The molecule has 1 aliphatic rings. The molecule has 0 aliphatic carbocycles. The van der Waals surface area contributed by atoms with E-state index in [2.05, 4.69) is 56.1 Å². The Balaban J connectivity index is 1.66. The zero-order chi connectivity index (χ0) is 15.5. The van der Waals surface area contributed by atoms with Gasteiger partial charge in [-0.3, -0.25) is 0 Å². The molecular formula is C17H21BrN4. The molecule has 1 aromatic carbocycles. The lowest BCUT2D eigenvalue weighted by atomic mass is 9.90. The van der Waals surface area contributed by atoms with Gasteiger partial charge in [0.15, 0.2) is 0 Å². The summed E-state index contributed by atoms with van der Waals surface area (Å²) in [4.78, 5) is 6.40. The number of halogens is 1. The molecule has 0 spiro atoms. The highest BCUT2D eigenvalue weighted by atomic mass is 79.9. The Morgan fingerprint density at radius 1 is 1.14 bits per heavy atom. The van der Waals surface area contributed by atoms with E-state index in [0.29, 0.717) is 11.5 Å². The molecule has 116 valence electrons. The van der Waals surface area contributed by atoms with Gasteiger partial charge in [0, 0.05) is 19.3 Å². The van der Waals surface area contributed by atoms with Crippen molar-refractivity contribution in [2.75, 3.05) is 29.5 Å². The number of anilines is 3. The molecule has 22 heavy (non-hydrogen) atoms. The predicted octanol–water partition coefficient (Wildman–Crippen LogP) is 3.47. The third-order valence-electron chi connectivity index (χ3n) is 4.37. The lowest BCUT2D eigenvalue weighted by molar-refractivity contribution is 0.403. The first-order chi connectivity index (χ1) is 10.6. The molecule has 0 atom stereocenters. The lowest BCUT2D eigenvalue weighted by Crippen LogP contribution is -2.35. The first kappa shape index (κ1) is 15.2. The van der Waals surface area contributed by atoms with Gasteiger partial charge in [0.05, 0.1) is 15.8 Å². The van der Waals surface area contributed by atoms with Gasteiger partial charge in [-0.05, 0) is 46.7 Å². The monoisotopic (exact) mass is 360 g/mol. The van der Waals surface area contributed by atoms with Gasteiger partial charge in [-0.25, -0.2) is 4.98 Å². The Morgan fingerprint density at radius 2 is 1.82 bits per heavy atom. The van der Waals surface area contributed by atoms with E-state index in [1.54, 1.807) is 6.20 Å². The van der Waals surface area contributed by atoms with Crippen molar-refractivity contribution in [3.8, 4) is 0 Å². The van der Waals surface area contributed by atoms with Crippen LogP contribution < -0.4 is 16.4 Å². The summed E-state index contributed by atoms with van der Waals surface area (Å²) < 4.78 is 0.917. The van der Waals surface area contributed by atoms with E-state index in [1.807, 2.05) is 0 Å². The Morgan fingerprint density at radius 3 is 2.50 bits per heavy atom. The van der Waals surface area contributed by atoms with E-state index in [1.165, 1.54) is 18.4 Å². The van der Waals surface area contributed by atoms with Crippen LogP contribution in [0.2, 0.25) is 0 Å². The van der Waals surface area contributed by atoms with Gasteiger partial charge in [0.25, 0.3) is 0 Å². The Hall–Kier alpha value is -1.75. The van der Waals surface area contributed by atoms with Gasteiger partial charge < -0.3 is 16.4 Å². The highest BCUT2D eigenvalue weighted by Gasteiger charge is 2.23. The van der Waals surface area contributed by atoms with Gasteiger partial charge in [0.2, 0.25) is 0 Å². The third-order valence-corrected chi connectivity index (χ3v) is 4.95. The lowest BCUT2D eigenvalue weighted by Gasteiger charge is -2.35. The van der Waals surface area contributed by atoms with Crippen molar-refractivity contribution in [3.05, 3.63) is 46.6 Å². The van der Waals surface area contributed by atoms with E-state index >= 15 is 0 Å². The molecule has 2 heterocycles. The summed E-state index contributed by atoms with van der Waals surface area (Å²) >= 11 is 3.55. The normalized spacial score (nSPS) is 16.0. The molecular weight excluding hydrogens is 340 g/mol. The summed E-state index contributed by atoms with van der Waals surface area (Å²) in [6.45, 7) is 2.01. The maximum atomic E-state index is 6.11. The van der Waals surface area contributed by atoms with Crippen molar-refractivity contribution in [2.45, 2.75) is 19.3 Å². The van der Waals surface area contributed by atoms with Crippen LogP contribution in [0.25, 0.3) is 0 Å². The van der Waals surface area contributed by atoms with Crippen LogP contribution in [-0.2, 0) is 6.42 Å². The molecule has 1 aromatic heterocycles. The van der Waals surface area contributed by atoms with Crippen molar-refractivity contribution in [2.24, 2.45) is 5.92 Å². The summed E-state index contributed by atoms with van der Waals surface area (Å²) in [5.41, 5.74) is 15.0. The minimum absolute atomic E-state index is 0.407. The fourth-order valence-corrected chi connectivity index (χ4v) is 3.70. The molecule has 0 unspecified atom stereocenters. The Labute approximate surface area is 139 Å². The highest BCUT2D eigenvalue weighted by molar-refractivity contribution is 9.10. The minimum Gasteiger partial charge on any atom is -0.394 e. The molecule has 4 nitrogen and oxygen atoms in total. The predicted molar refractivity (Wildman–Crippen MR) is 95.8 cm³/mol. The Bertz CT molecular complexity index is 637. The second-order valence-electron chi connectivity index (χ2n) is 5.87. The van der Waals surface area contributed by atoms with Gasteiger partial charge in [-0.1, -0.05) is 30.3 Å². The molecule has 0 radical (unpaired) electrons. The average molecular weight is 361 g/mol. The number of pyridine rings is 1. The number of piperidine rings is 1. The molecule has 0 bridgehead atoms. The second kappa shape index (κ2) is 6.57. The largest absolute Gasteiger partial charge is 0.394 e. The van der Waals surface area contributed by atoms with Gasteiger partial charge in [-0.2, -0.15) is 0 Å². The van der Waals surface area contributed by atoms with Crippen LogP contribution in [0.15, 0.2) is 41.0 Å². The van der Waals surface area contributed by atoms with Crippen molar-refractivity contribution < 1.29 is 0 Å². The number of hydrogen-bond acceptors (Lipinski definition) is 4. The average Bonchev–Trinajstić information content (AvgIpc) is 2.54. The molecule has 1 saturated heterocycles. The first-order valence-electron chi connectivity index (χ1n) is 7.63. The Kier molecular flexibility index (Phi) is 4.52. The van der Waals surface area contributed by atoms with Crippen LogP contribution in [0.3, 0.4) is 0 Å². The minimum atomic E-state index is 0.407. The molecule has 1 fully saturated rings. The zero-order valence-electron chi connectivity index (χ0n) is 12.5. The van der Waals surface area contributed by atoms with Crippen molar-refractivity contribution >= 4 is 33.1 Å². The fraction of sp³-hybridized carbons (Fsp3) is 0.353. The molecule has 3 rings (SSSR count). The van der Waals surface area contributed by atoms with Gasteiger partial charge in [-0.15, -0.1) is 0 Å². The summed E-state index contributed by atoms with van der Waals surface area (Å²) in [6.07, 6.45) is 5.23. The maximum Gasteiger partial charge on any atom is 0.148 e. The topological polar surface area (TPSA) is 68.2 Å². The molecule has 0 saturated carbocycles. The molecule has 4 N–H and O–H groups in total. The number of nitrogens with zero attached hydrogens (tertiary/aromatic N) is 2. The molecule has 5 heteroatoms. The van der Waals surface area contributed by atoms with Crippen LogP contribution in [0, 0.1) is 5.92 Å². The van der Waals surface area contributed by atoms with Gasteiger partial charge in [0.1, 0.15) is 5.82 Å². The quantitative estimate of drug-likeness (QED) is 0.879. The van der Waals surface area contributed by atoms with E-state index < -0.39 is 0 Å². The van der Waals surface area contributed by atoms with Crippen LogP contribution in [0.5, 0.6) is 0 Å². The van der Waals surface area contributed by atoms with Crippen LogP contribution in [0.1, 0.15) is 18.4 Å². The molecule has 0 amide bonds. The molecule has 1 aliphatic heterocycles. The number of rotatable bonds is 3. The van der Waals surface area contributed by atoms with Crippen molar-refractivity contribution in [3.63, 3.8) is 0 Å². The standard InChI is InChI=1S/C17H21BrN4/c18-14-11-21-17(20)15(19)16(14)22-8-6-13(7-9-22)10-12-4-2-1-3-5-12/h1-5,11,13H,6-10,19H2,(H2,20,21). The summed E-state index contributed by atoms with van der Waals surface area (Å²) in [6, 6.07) is 10.7. The van der Waals surface area contributed by atoms with E-state index in [4.69, 9.17) is 11.5 Å². The zero-order valence-corrected chi connectivity index (χ0v) is 14.1. The smallest absolute Gasteiger partial charge is 0.148 e. The number of nitrogens with two attached hydrogens (primary N) is 2. The maximum absolute atomic E-state index is 6.11. The number of nitrogen functional groups attached to an aromatic ring is 2. The van der Waals surface area contributed by atoms with E-state index in [-0.39, 0.29) is 0 Å². The van der Waals surface area contributed by atoms with E-state index in [9.17, 15) is 0 Å². The number of aromatic nitrogens is 1. The fourth-order valence-electron chi connectivity index (χ4n) is 3.14. The third kappa shape index (κ3) is 3.19. The van der Waals surface area contributed by atoms with Gasteiger partial charge >= 0.3 is 0 Å². The summed E-state index contributed by atoms with van der Waals surface area (Å²) in [5, 5.41) is 0. The van der Waals surface area contributed by atoms with Crippen LogP contribution in [0.4, 0.5) is 17.2 Å². The SMILES string of the molecule is Nc1ncc(Br)c(N2CCC(Cc3ccccc3)CC2)c1N. The highest BCUT2D eigenvalue weighted by Crippen LogP contribution is 2.37.